The minimum absolute atomic E-state index is 0.0166. The second kappa shape index (κ2) is 6.90. The van der Waals surface area contributed by atoms with E-state index in [-0.39, 0.29) is 5.91 Å². The number of halogens is 1. The summed E-state index contributed by atoms with van der Waals surface area (Å²) in [5.74, 6) is 0.333. The Hall–Kier alpha value is -1.33. The van der Waals surface area contributed by atoms with Gasteiger partial charge in [-0.3, -0.25) is 4.79 Å². The first-order chi connectivity index (χ1) is 9.56. The van der Waals surface area contributed by atoms with Gasteiger partial charge in [-0.25, -0.2) is 4.98 Å². The summed E-state index contributed by atoms with van der Waals surface area (Å²) in [5.41, 5.74) is 3.05. The zero-order valence-corrected chi connectivity index (χ0v) is 13.7. The van der Waals surface area contributed by atoms with E-state index in [4.69, 9.17) is 0 Å². The molecule has 2 aromatic rings. The van der Waals surface area contributed by atoms with Crippen LogP contribution in [-0.4, -0.2) is 16.6 Å². The fraction of sp³-hybridized carbons (Fsp3) is 0.200. The minimum Gasteiger partial charge on any atom is -0.325 e. The predicted octanol–water partition coefficient (Wildman–Crippen LogP) is 4.19. The third kappa shape index (κ3) is 4.08. The van der Waals surface area contributed by atoms with Crippen LogP contribution in [-0.2, 0) is 4.79 Å². The highest BCUT2D eigenvalue weighted by Crippen LogP contribution is 2.21. The molecule has 0 saturated heterocycles. The lowest BCUT2D eigenvalue weighted by atomic mass is 10.1. The van der Waals surface area contributed by atoms with Crippen molar-refractivity contribution in [2.75, 3.05) is 11.1 Å². The number of hydrogen-bond donors (Lipinski definition) is 1. The van der Waals surface area contributed by atoms with Crippen LogP contribution in [0.3, 0.4) is 0 Å². The molecule has 2 rings (SSSR count). The van der Waals surface area contributed by atoms with Crippen LogP contribution < -0.4 is 5.32 Å². The van der Waals surface area contributed by atoms with Crippen molar-refractivity contribution >= 4 is 39.3 Å². The molecule has 0 saturated carbocycles. The van der Waals surface area contributed by atoms with E-state index in [1.807, 2.05) is 44.2 Å². The third-order valence-corrected chi connectivity index (χ3v) is 4.21. The van der Waals surface area contributed by atoms with E-state index in [1.165, 1.54) is 11.8 Å². The van der Waals surface area contributed by atoms with Crippen LogP contribution in [0, 0.1) is 13.8 Å². The van der Waals surface area contributed by atoms with Crippen molar-refractivity contribution < 1.29 is 4.79 Å². The molecule has 1 aromatic heterocycles. The summed E-state index contributed by atoms with van der Waals surface area (Å²) in [5, 5.41) is 3.80. The Bertz CT molecular complexity index is 594. The Labute approximate surface area is 131 Å². The zero-order valence-electron chi connectivity index (χ0n) is 11.3. The molecule has 0 atom stereocenters. The van der Waals surface area contributed by atoms with Gasteiger partial charge in [-0.05, 0) is 53.0 Å². The number of nitrogens with one attached hydrogen (secondary N) is 1. The largest absolute Gasteiger partial charge is 0.325 e. The van der Waals surface area contributed by atoms with Gasteiger partial charge in [0, 0.05) is 16.4 Å². The fourth-order valence-corrected chi connectivity index (χ4v) is 2.65. The molecule has 0 aliphatic rings. The first-order valence-corrected chi connectivity index (χ1v) is 7.94. The smallest absolute Gasteiger partial charge is 0.234 e. The number of carbonyl (C=O) groups is 1. The average molecular weight is 351 g/mol. The maximum Gasteiger partial charge on any atom is 0.234 e. The number of aryl methyl sites for hydroxylation is 2. The van der Waals surface area contributed by atoms with Crippen LogP contribution in [0.2, 0.25) is 0 Å². The number of amides is 1. The molecule has 0 aliphatic carbocycles. The SMILES string of the molecule is Cc1cccc(C)c1NC(=O)CSc1ccc(Br)cn1. The number of carbonyl (C=O) groups excluding carboxylic acids is 1. The number of benzene rings is 1. The quantitative estimate of drug-likeness (QED) is 0.840. The fourth-order valence-electron chi connectivity index (χ4n) is 1.77. The van der Waals surface area contributed by atoms with E-state index in [0.717, 1.165) is 26.3 Å². The molecule has 1 N–H and O–H groups in total. The highest BCUT2D eigenvalue weighted by Gasteiger charge is 2.08. The van der Waals surface area contributed by atoms with Gasteiger partial charge in [-0.2, -0.15) is 0 Å². The Morgan fingerprint density at radius 1 is 1.25 bits per heavy atom. The van der Waals surface area contributed by atoms with E-state index >= 15 is 0 Å². The molecule has 1 aromatic carbocycles. The van der Waals surface area contributed by atoms with Crippen LogP contribution in [0.1, 0.15) is 11.1 Å². The monoisotopic (exact) mass is 350 g/mol. The van der Waals surface area contributed by atoms with Gasteiger partial charge in [0.25, 0.3) is 0 Å². The summed E-state index contributed by atoms with van der Waals surface area (Å²) in [4.78, 5) is 16.2. The van der Waals surface area contributed by atoms with Gasteiger partial charge in [0.15, 0.2) is 0 Å². The van der Waals surface area contributed by atoms with Crippen LogP contribution in [0.4, 0.5) is 5.69 Å². The summed E-state index contributed by atoms with van der Waals surface area (Å²) in [6.07, 6.45) is 1.73. The normalized spacial score (nSPS) is 10.3. The molecule has 1 amide bonds. The molecule has 0 aliphatic heterocycles. The summed E-state index contributed by atoms with van der Waals surface area (Å²) in [6, 6.07) is 9.78. The highest BCUT2D eigenvalue weighted by atomic mass is 79.9. The van der Waals surface area contributed by atoms with Crippen LogP contribution in [0.25, 0.3) is 0 Å². The van der Waals surface area contributed by atoms with E-state index in [2.05, 4.69) is 26.2 Å². The van der Waals surface area contributed by atoms with E-state index in [1.54, 1.807) is 6.20 Å². The van der Waals surface area contributed by atoms with Crippen molar-refractivity contribution in [1.29, 1.82) is 0 Å². The lowest BCUT2D eigenvalue weighted by molar-refractivity contribution is -0.113. The lowest BCUT2D eigenvalue weighted by Gasteiger charge is -2.11. The standard InChI is InChI=1S/C15H15BrN2OS/c1-10-4-3-5-11(2)15(10)18-13(19)9-20-14-7-6-12(16)8-17-14/h3-8H,9H2,1-2H3,(H,18,19). The van der Waals surface area contributed by atoms with Gasteiger partial charge in [-0.15, -0.1) is 0 Å². The van der Waals surface area contributed by atoms with Gasteiger partial charge in [0.05, 0.1) is 10.8 Å². The van der Waals surface area contributed by atoms with Crippen LogP contribution in [0.15, 0.2) is 46.0 Å². The molecule has 104 valence electrons. The number of rotatable bonds is 4. The molecular formula is C15H15BrN2OS. The number of pyridine rings is 1. The summed E-state index contributed by atoms with van der Waals surface area (Å²) in [7, 11) is 0. The maximum atomic E-state index is 12.0. The topological polar surface area (TPSA) is 42.0 Å². The van der Waals surface area contributed by atoms with E-state index in [9.17, 15) is 4.79 Å². The first-order valence-electron chi connectivity index (χ1n) is 6.16. The van der Waals surface area contributed by atoms with E-state index < -0.39 is 0 Å². The summed E-state index contributed by atoms with van der Waals surface area (Å²) < 4.78 is 0.932. The second-order valence-corrected chi connectivity index (χ2v) is 6.33. The average Bonchev–Trinajstić information content (AvgIpc) is 2.42. The van der Waals surface area contributed by atoms with Crippen molar-refractivity contribution in [3.63, 3.8) is 0 Å². The summed E-state index contributed by atoms with van der Waals surface area (Å²) in [6.45, 7) is 3.98. The second-order valence-electron chi connectivity index (χ2n) is 4.42. The molecule has 0 spiro atoms. The molecule has 3 nitrogen and oxygen atoms in total. The van der Waals surface area contributed by atoms with Crippen molar-refractivity contribution in [2.24, 2.45) is 0 Å². The molecule has 5 heteroatoms. The van der Waals surface area contributed by atoms with Gasteiger partial charge >= 0.3 is 0 Å². The van der Waals surface area contributed by atoms with E-state index in [0.29, 0.717) is 5.75 Å². The van der Waals surface area contributed by atoms with Gasteiger partial charge in [0.2, 0.25) is 5.91 Å². The van der Waals surface area contributed by atoms with Gasteiger partial charge in [0.1, 0.15) is 0 Å². The van der Waals surface area contributed by atoms with Gasteiger partial charge < -0.3 is 5.32 Å². The number of aromatic nitrogens is 1. The zero-order chi connectivity index (χ0) is 14.5. The maximum absolute atomic E-state index is 12.0. The predicted molar refractivity (Wildman–Crippen MR) is 87.2 cm³/mol. The molecule has 0 bridgehead atoms. The molecule has 1 heterocycles. The Morgan fingerprint density at radius 3 is 2.55 bits per heavy atom. The Balaban J connectivity index is 1.94. The number of thioether (sulfide) groups is 1. The number of para-hydroxylation sites is 1. The number of nitrogens with zero attached hydrogens (tertiary/aromatic N) is 1. The van der Waals surface area contributed by atoms with Crippen molar-refractivity contribution in [3.05, 3.63) is 52.1 Å². The number of anilines is 1. The first kappa shape index (κ1) is 15.1. The van der Waals surface area contributed by atoms with Crippen molar-refractivity contribution in [2.45, 2.75) is 18.9 Å². The molecule has 20 heavy (non-hydrogen) atoms. The molecule has 0 fully saturated rings. The highest BCUT2D eigenvalue weighted by molar-refractivity contribution is 9.10. The van der Waals surface area contributed by atoms with Crippen LogP contribution >= 0.6 is 27.7 Å². The van der Waals surface area contributed by atoms with Crippen LogP contribution in [0.5, 0.6) is 0 Å². The summed E-state index contributed by atoms with van der Waals surface area (Å²) >= 11 is 4.76. The van der Waals surface area contributed by atoms with Gasteiger partial charge in [-0.1, -0.05) is 30.0 Å². The third-order valence-electron chi connectivity index (χ3n) is 2.80. The minimum atomic E-state index is -0.0166. The Morgan fingerprint density at radius 2 is 1.95 bits per heavy atom. The molecule has 0 radical (unpaired) electrons. The lowest BCUT2D eigenvalue weighted by Crippen LogP contribution is -2.15. The Kier molecular flexibility index (Phi) is 5.20. The van der Waals surface area contributed by atoms with Crippen molar-refractivity contribution in [3.8, 4) is 0 Å². The number of hydrogen-bond acceptors (Lipinski definition) is 3. The molecule has 0 unspecified atom stereocenters. The van der Waals surface area contributed by atoms with Crippen molar-refractivity contribution in [1.82, 2.24) is 4.98 Å². The molecular weight excluding hydrogens is 336 g/mol.